The van der Waals surface area contributed by atoms with Crippen molar-refractivity contribution in [3.8, 4) is 0 Å². The lowest BCUT2D eigenvalue weighted by Crippen LogP contribution is -2.34. The van der Waals surface area contributed by atoms with Crippen molar-refractivity contribution >= 4 is 23.2 Å². The van der Waals surface area contributed by atoms with E-state index in [2.05, 4.69) is 15.6 Å². The summed E-state index contributed by atoms with van der Waals surface area (Å²) in [5.41, 5.74) is 5.90. The van der Waals surface area contributed by atoms with Gasteiger partial charge in [-0.15, -0.1) is 5.10 Å². The first kappa shape index (κ1) is 13.7. The summed E-state index contributed by atoms with van der Waals surface area (Å²) in [5.74, 6) is -0.553. The SMILES string of the molecule is C[C@H](NC(=O)c1ccsc1)c1cn(C2(C(N)=O)CC2)nn1. The number of carbonyl (C=O) groups is 2. The number of nitrogens with one attached hydrogen (secondary N) is 1. The maximum Gasteiger partial charge on any atom is 0.252 e. The van der Waals surface area contributed by atoms with Crippen molar-refractivity contribution in [2.45, 2.75) is 31.3 Å². The molecular formula is C13H15N5O2S. The Morgan fingerprint density at radius 2 is 2.29 bits per heavy atom. The Hall–Kier alpha value is -2.22. The maximum atomic E-state index is 12.0. The van der Waals surface area contributed by atoms with E-state index in [9.17, 15) is 9.59 Å². The molecule has 1 aliphatic carbocycles. The van der Waals surface area contributed by atoms with E-state index in [1.807, 2.05) is 12.3 Å². The van der Waals surface area contributed by atoms with Crippen LogP contribution in [0.1, 0.15) is 41.9 Å². The number of nitrogens with two attached hydrogens (primary N) is 1. The van der Waals surface area contributed by atoms with Crippen LogP contribution in [-0.2, 0) is 10.3 Å². The third-order valence-electron chi connectivity index (χ3n) is 3.71. The summed E-state index contributed by atoms with van der Waals surface area (Å²) in [5, 5.41) is 14.5. The zero-order valence-corrected chi connectivity index (χ0v) is 12.3. The van der Waals surface area contributed by atoms with Crippen LogP contribution in [0.3, 0.4) is 0 Å². The molecule has 0 aliphatic heterocycles. The van der Waals surface area contributed by atoms with E-state index < -0.39 is 11.4 Å². The fourth-order valence-corrected chi connectivity index (χ4v) is 2.77. The smallest absolute Gasteiger partial charge is 0.252 e. The van der Waals surface area contributed by atoms with Crippen LogP contribution in [0.15, 0.2) is 23.0 Å². The monoisotopic (exact) mass is 305 g/mol. The third kappa shape index (κ3) is 2.42. The Labute approximate surface area is 125 Å². The summed E-state index contributed by atoms with van der Waals surface area (Å²) in [6, 6.07) is 1.46. The molecule has 2 amide bonds. The van der Waals surface area contributed by atoms with Crippen molar-refractivity contribution in [3.63, 3.8) is 0 Å². The fourth-order valence-electron chi connectivity index (χ4n) is 2.14. The van der Waals surface area contributed by atoms with Gasteiger partial charge < -0.3 is 11.1 Å². The normalized spacial score (nSPS) is 17.2. The molecule has 3 N–H and O–H groups in total. The van der Waals surface area contributed by atoms with E-state index in [1.165, 1.54) is 16.0 Å². The molecule has 110 valence electrons. The van der Waals surface area contributed by atoms with Gasteiger partial charge in [-0.1, -0.05) is 5.21 Å². The van der Waals surface area contributed by atoms with Gasteiger partial charge in [-0.05, 0) is 31.2 Å². The number of carbonyl (C=O) groups excluding carboxylic acids is 2. The number of aromatic nitrogens is 3. The van der Waals surface area contributed by atoms with Crippen molar-refractivity contribution in [1.82, 2.24) is 20.3 Å². The topological polar surface area (TPSA) is 103 Å². The van der Waals surface area contributed by atoms with Gasteiger partial charge in [0.1, 0.15) is 11.2 Å². The zero-order chi connectivity index (χ0) is 15.0. The van der Waals surface area contributed by atoms with Crippen LogP contribution in [0.5, 0.6) is 0 Å². The predicted octanol–water partition coefficient (Wildman–Crippen LogP) is 0.805. The first-order valence-corrected chi connectivity index (χ1v) is 7.53. The number of primary amides is 1. The quantitative estimate of drug-likeness (QED) is 0.853. The molecular weight excluding hydrogens is 290 g/mol. The molecule has 0 unspecified atom stereocenters. The average molecular weight is 305 g/mol. The molecule has 1 aliphatic rings. The molecule has 0 spiro atoms. The van der Waals surface area contributed by atoms with Crippen LogP contribution in [0.2, 0.25) is 0 Å². The molecule has 1 saturated carbocycles. The molecule has 21 heavy (non-hydrogen) atoms. The molecule has 2 aromatic rings. The standard InChI is InChI=1S/C13H15N5O2S/c1-8(15-11(19)9-2-5-21-7-9)10-6-18(17-16-10)13(3-4-13)12(14)20/h2,5-8H,3-4H2,1H3,(H2,14,20)(H,15,19)/t8-/m0/s1. The van der Waals surface area contributed by atoms with E-state index >= 15 is 0 Å². The molecule has 0 aromatic carbocycles. The lowest BCUT2D eigenvalue weighted by molar-refractivity contribution is -0.122. The molecule has 7 nitrogen and oxygen atoms in total. The second kappa shape index (κ2) is 4.96. The number of amides is 2. The third-order valence-corrected chi connectivity index (χ3v) is 4.39. The minimum absolute atomic E-state index is 0.158. The molecule has 1 fully saturated rings. The molecule has 2 heterocycles. The predicted molar refractivity (Wildman–Crippen MR) is 76.6 cm³/mol. The van der Waals surface area contributed by atoms with E-state index in [4.69, 9.17) is 5.73 Å². The molecule has 2 aromatic heterocycles. The van der Waals surface area contributed by atoms with Crippen LogP contribution < -0.4 is 11.1 Å². The number of nitrogens with zero attached hydrogens (tertiary/aromatic N) is 3. The number of thiophene rings is 1. The Kier molecular flexibility index (Phi) is 3.25. The summed E-state index contributed by atoms with van der Waals surface area (Å²) in [6.45, 7) is 1.82. The van der Waals surface area contributed by atoms with E-state index in [1.54, 1.807) is 17.6 Å². The van der Waals surface area contributed by atoms with Crippen molar-refractivity contribution in [2.24, 2.45) is 5.73 Å². The Bertz CT molecular complexity index is 675. The zero-order valence-electron chi connectivity index (χ0n) is 11.4. The van der Waals surface area contributed by atoms with E-state index in [0.29, 0.717) is 24.1 Å². The van der Waals surface area contributed by atoms with Gasteiger partial charge in [0.2, 0.25) is 5.91 Å². The highest BCUT2D eigenvalue weighted by Crippen LogP contribution is 2.42. The Morgan fingerprint density at radius 1 is 1.52 bits per heavy atom. The highest BCUT2D eigenvalue weighted by atomic mass is 32.1. The van der Waals surface area contributed by atoms with Crippen molar-refractivity contribution < 1.29 is 9.59 Å². The molecule has 0 saturated heterocycles. The van der Waals surface area contributed by atoms with Crippen molar-refractivity contribution in [3.05, 3.63) is 34.3 Å². The van der Waals surface area contributed by atoms with Crippen molar-refractivity contribution in [1.29, 1.82) is 0 Å². The molecule has 8 heteroatoms. The summed E-state index contributed by atoms with van der Waals surface area (Å²) < 4.78 is 1.51. The van der Waals surface area contributed by atoms with Gasteiger partial charge in [-0.2, -0.15) is 11.3 Å². The van der Waals surface area contributed by atoms with Crippen molar-refractivity contribution in [2.75, 3.05) is 0 Å². The first-order chi connectivity index (χ1) is 10.0. The Balaban J connectivity index is 1.72. The van der Waals surface area contributed by atoms with E-state index in [0.717, 1.165) is 0 Å². The first-order valence-electron chi connectivity index (χ1n) is 6.58. The molecule has 0 radical (unpaired) electrons. The summed E-state index contributed by atoms with van der Waals surface area (Å²) in [7, 11) is 0. The van der Waals surface area contributed by atoms with Gasteiger partial charge >= 0.3 is 0 Å². The highest BCUT2D eigenvalue weighted by Gasteiger charge is 2.51. The Morgan fingerprint density at radius 3 is 2.86 bits per heavy atom. The second-order valence-electron chi connectivity index (χ2n) is 5.19. The molecule has 0 bridgehead atoms. The second-order valence-corrected chi connectivity index (χ2v) is 5.97. The van der Waals surface area contributed by atoms with Crippen LogP contribution in [-0.4, -0.2) is 26.8 Å². The van der Waals surface area contributed by atoms with E-state index in [-0.39, 0.29) is 11.9 Å². The van der Waals surface area contributed by atoms with Gasteiger partial charge in [-0.3, -0.25) is 9.59 Å². The van der Waals surface area contributed by atoms with Crippen LogP contribution in [0.4, 0.5) is 0 Å². The lowest BCUT2D eigenvalue weighted by atomic mass is 10.2. The number of rotatable bonds is 5. The molecule has 1 atom stereocenters. The summed E-state index contributed by atoms with van der Waals surface area (Å²) >= 11 is 1.47. The minimum Gasteiger partial charge on any atom is -0.368 e. The van der Waals surface area contributed by atoms with Crippen LogP contribution in [0.25, 0.3) is 0 Å². The van der Waals surface area contributed by atoms with Gasteiger partial charge in [0.05, 0.1) is 17.8 Å². The van der Waals surface area contributed by atoms with Gasteiger partial charge in [-0.25, -0.2) is 4.68 Å². The maximum absolute atomic E-state index is 12.0. The highest BCUT2D eigenvalue weighted by molar-refractivity contribution is 7.08. The number of hydrogen-bond acceptors (Lipinski definition) is 5. The van der Waals surface area contributed by atoms with Crippen LogP contribution in [0, 0.1) is 0 Å². The minimum atomic E-state index is -0.720. The average Bonchev–Trinajstić information content (AvgIpc) is 2.93. The van der Waals surface area contributed by atoms with Gasteiger partial charge in [0.15, 0.2) is 0 Å². The number of hydrogen-bond donors (Lipinski definition) is 2. The van der Waals surface area contributed by atoms with Gasteiger partial charge in [0.25, 0.3) is 5.91 Å². The fraction of sp³-hybridized carbons (Fsp3) is 0.385. The van der Waals surface area contributed by atoms with Crippen LogP contribution >= 0.6 is 11.3 Å². The van der Waals surface area contributed by atoms with Gasteiger partial charge in [0, 0.05) is 5.38 Å². The summed E-state index contributed by atoms with van der Waals surface area (Å²) in [4.78, 5) is 23.4. The lowest BCUT2D eigenvalue weighted by Gasteiger charge is -2.11. The largest absolute Gasteiger partial charge is 0.368 e. The molecule has 3 rings (SSSR count). The summed E-state index contributed by atoms with van der Waals surface area (Å²) in [6.07, 6.45) is 3.04.